The summed E-state index contributed by atoms with van der Waals surface area (Å²) >= 11 is 0. The van der Waals surface area contributed by atoms with Crippen LogP contribution in [0.15, 0.2) is 18.6 Å². The molecule has 0 saturated carbocycles. The highest BCUT2D eigenvalue weighted by Crippen LogP contribution is 2.19. The number of carbonyl (C=O) groups excluding carboxylic acids is 1. The van der Waals surface area contributed by atoms with Crippen LogP contribution in [0, 0.1) is 0 Å². The number of amides is 1. The summed E-state index contributed by atoms with van der Waals surface area (Å²) in [5, 5.41) is 0. The van der Waals surface area contributed by atoms with Gasteiger partial charge in [-0.25, -0.2) is 4.98 Å². The minimum atomic E-state index is -0.0636. The zero-order chi connectivity index (χ0) is 16.1. The Morgan fingerprint density at radius 1 is 1.36 bits per heavy atom. The first-order chi connectivity index (χ1) is 10.6. The molecule has 1 fully saturated rings. The van der Waals surface area contributed by atoms with Crippen molar-refractivity contribution in [1.82, 2.24) is 19.8 Å². The van der Waals surface area contributed by atoms with Gasteiger partial charge in [0.15, 0.2) is 0 Å². The van der Waals surface area contributed by atoms with Crippen molar-refractivity contribution in [3.8, 4) is 0 Å². The molecule has 1 aromatic rings. The Morgan fingerprint density at radius 3 is 2.64 bits per heavy atom. The van der Waals surface area contributed by atoms with Crippen molar-refractivity contribution in [2.75, 3.05) is 37.6 Å². The van der Waals surface area contributed by atoms with Crippen molar-refractivity contribution < 1.29 is 4.79 Å². The van der Waals surface area contributed by atoms with Crippen molar-refractivity contribution >= 4 is 11.7 Å². The summed E-state index contributed by atoms with van der Waals surface area (Å²) in [5.41, 5.74) is 0. The molecule has 1 aliphatic heterocycles. The third-order valence-electron chi connectivity index (χ3n) is 4.48. The number of hydrogen-bond donors (Lipinski definition) is 0. The van der Waals surface area contributed by atoms with Gasteiger partial charge in [0, 0.05) is 51.2 Å². The zero-order valence-electron chi connectivity index (χ0n) is 14.1. The Labute approximate surface area is 133 Å². The van der Waals surface area contributed by atoms with Gasteiger partial charge in [-0.05, 0) is 27.7 Å². The topological polar surface area (TPSA) is 52.6 Å². The summed E-state index contributed by atoms with van der Waals surface area (Å²) < 4.78 is 0. The molecule has 0 spiro atoms. The molecule has 0 aliphatic carbocycles. The molecule has 0 radical (unpaired) electrons. The highest BCUT2D eigenvalue weighted by atomic mass is 16.2. The smallest absolute Gasteiger partial charge is 0.239 e. The molecule has 1 saturated heterocycles. The largest absolute Gasteiger partial charge is 0.350 e. The second kappa shape index (κ2) is 7.54. The van der Waals surface area contributed by atoms with E-state index in [4.69, 9.17) is 0 Å². The Morgan fingerprint density at radius 2 is 2.09 bits per heavy atom. The highest BCUT2D eigenvalue weighted by Gasteiger charge is 2.31. The van der Waals surface area contributed by atoms with E-state index in [0.29, 0.717) is 6.04 Å². The van der Waals surface area contributed by atoms with Crippen LogP contribution in [0.25, 0.3) is 0 Å². The van der Waals surface area contributed by atoms with Crippen LogP contribution >= 0.6 is 0 Å². The molecular weight excluding hydrogens is 278 g/mol. The molecule has 0 bridgehead atoms. The predicted molar refractivity (Wildman–Crippen MR) is 87.8 cm³/mol. The number of piperazine rings is 1. The fraction of sp³-hybridized carbons (Fsp3) is 0.688. The molecule has 2 rings (SSSR count). The Kier molecular flexibility index (Phi) is 5.71. The van der Waals surface area contributed by atoms with Gasteiger partial charge in [-0.15, -0.1) is 0 Å². The number of aromatic nitrogens is 2. The molecule has 2 heterocycles. The lowest BCUT2D eigenvalue weighted by Gasteiger charge is -2.43. The molecule has 0 aromatic carbocycles. The van der Waals surface area contributed by atoms with Gasteiger partial charge in [-0.2, -0.15) is 0 Å². The van der Waals surface area contributed by atoms with E-state index >= 15 is 0 Å². The summed E-state index contributed by atoms with van der Waals surface area (Å²) in [6.45, 7) is 12.4. The van der Waals surface area contributed by atoms with Crippen molar-refractivity contribution in [3.05, 3.63) is 18.6 Å². The van der Waals surface area contributed by atoms with Crippen molar-refractivity contribution in [3.63, 3.8) is 0 Å². The second-order valence-electron chi connectivity index (χ2n) is 5.79. The number of anilines is 1. The van der Waals surface area contributed by atoms with Crippen LogP contribution in [0.3, 0.4) is 0 Å². The molecule has 2 atom stereocenters. The molecule has 122 valence electrons. The first-order valence-corrected chi connectivity index (χ1v) is 8.13. The predicted octanol–water partition coefficient (Wildman–Crippen LogP) is 1.24. The normalized spacial score (nSPS) is 20.7. The second-order valence-corrected chi connectivity index (χ2v) is 5.79. The molecular formula is C16H27N5O. The van der Waals surface area contributed by atoms with Gasteiger partial charge >= 0.3 is 0 Å². The number of hydrogen-bond acceptors (Lipinski definition) is 5. The lowest BCUT2D eigenvalue weighted by molar-refractivity contribution is -0.136. The Hall–Kier alpha value is -1.69. The highest BCUT2D eigenvalue weighted by molar-refractivity contribution is 5.81. The van der Waals surface area contributed by atoms with Crippen LogP contribution in [0.5, 0.6) is 0 Å². The van der Waals surface area contributed by atoms with Crippen molar-refractivity contribution in [1.29, 1.82) is 0 Å². The minimum Gasteiger partial charge on any atom is -0.350 e. The van der Waals surface area contributed by atoms with Gasteiger partial charge < -0.3 is 9.80 Å². The van der Waals surface area contributed by atoms with Crippen LogP contribution in [0.4, 0.5) is 5.82 Å². The Balaban J connectivity index is 1.99. The summed E-state index contributed by atoms with van der Waals surface area (Å²) in [4.78, 5) is 27.5. The molecule has 6 nitrogen and oxygen atoms in total. The Bertz CT molecular complexity index is 477. The maximum atomic E-state index is 12.5. The molecule has 0 N–H and O–H groups in total. The molecule has 1 aliphatic rings. The quantitative estimate of drug-likeness (QED) is 0.819. The summed E-state index contributed by atoms with van der Waals surface area (Å²) in [6, 6.07) is 0.253. The van der Waals surface area contributed by atoms with Crippen LogP contribution in [-0.2, 0) is 4.79 Å². The van der Waals surface area contributed by atoms with E-state index in [9.17, 15) is 4.79 Å². The van der Waals surface area contributed by atoms with Crippen LogP contribution in [0.2, 0.25) is 0 Å². The van der Waals surface area contributed by atoms with E-state index in [1.54, 1.807) is 18.6 Å². The van der Waals surface area contributed by atoms with Gasteiger partial charge in [0.05, 0.1) is 12.2 Å². The molecule has 22 heavy (non-hydrogen) atoms. The zero-order valence-corrected chi connectivity index (χ0v) is 14.1. The number of rotatable bonds is 5. The van der Waals surface area contributed by atoms with Gasteiger partial charge in [0.25, 0.3) is 0 Å². The third-order valence-corrected chi connectivity index (χ3v) is 4.48. The summed E-state index contributed by atoms with van der Waals surface area (Å²) in [7, 11) is 0. The average Bonchev–Trinajstić information content (AvgIpc) is 2.55. The first-order valence-electron chi connectivity index (χ1n) is 8.13. The first kappa shape index (κ1) is 16.7. The van der Waals surface area contributed by atoms with E-state index < -0.39 is 0 Å². The van der Waals surface area contributed by atoms with E-state index in [2.05, 4.69) is 26.7 Å². The fourth-order valence-electron chi connectivity index (χ4n) is 3.07. The van der Waals surface area contributed by atoms with Crippen molar-refractivity contribution in [2.24, 2.45) is 0 Å². The van der Waals surface area contributed by atoms with Gasteiger partial charge in [0.1, 0.15) is 5.82 Å². The van der Waals surface area contributed by atoms with Crippen molar-refractivity contribution in [2.45, 2.75) is 39.8 Å². The van der Waals surface area contributed by atoms with Gasteiger partial charge in [-0.3, -0.25) is 14.7 Å². The third kappa shape index (κ3) is 3.55. The summed E-state index contributed by atoms with van der Waals surface area (Å²) in [5.74, 6) is 1.14. The van der Waals surface area contributed by atoms with Gasteiger partial charge in [0.2, 0.25) is 5.91 Å². The number of likely N-dealkylation sites (N-methyl/N-ethyl adjacent to an activating group) is 1. The maximum Gasteiger partial charge on any atom is 0.239 e. The molecule has 1 amide bonds. The van der Waals surface area contributed by atoms with Crippen LogP contribution in [0.1, 0.15) is 27.7 Å². The monoisotopic (exact) mass is 305 g/mol. The van der Waals surface area contributed by atoms with E-state index in [-0.39, 0.29) is 11.9 Å². The maximum absolute atomic E-state index is 12.5. The molecule has 1 aromatic heterocycles. The number of nitrogens with zero attached hydrogens (tertiary/aromatic N) is 5. The molecule has 6 heteroatoms. The van der Waals surface area contributed by atoms with Crippen LogP contribution < -0.4 is 4.90 Å². The fourth-order valence-corrected chi connectivity index (χ4v) is 3.07. The van der Waals surface area contributed by atoms with Crippen LogP contribution in [-0.4, -0.2) is 70.5 Å². The SMILES string of the molecule is CCN(CC)C(=O)C(C)N1CCN(c2cnccn2)C(C)C1. The van der Waals surface area contributed by atoms with E-state index in [1.165, 1.54) is 0 Å². The standard InChI is InChI=1S/C16H27N5O/c1-5-19(6-2)16(22)14(4)20-9-10-21(13(3)12-20)15-11-17-7-8-18-15/h7-8,11,13-14H,5-6,9-10,12H2,1-4H3. The average molecular weight is 305 g/mol. The minimum absolute atomic E-state index is 0.0636. The van der Waals surface area contributed by atoms with Gasteiger partial charge in [-0.1, -0.05) is 0 Å². The van der Waals surface area contributed by atoms with E-state index in [0.717, 1.165) is 38.5 Å². The lowest BCUT2D eigenvalue weighted by atomic mass is 10.1. The molecule has 2 unspecified atom stereocenters. The van der Waals surface area contributed by atoms with E-state index in [1.807, 2.05) is 25.7 Å². The summed E-state index contributed by atoms with van der Waals surface area (Å²) in [6.07, 6.45) is 5.22. The lowest BCUT2D eigenvalue weighted by Crippen LogP contribution is -2.58. The number of carbonyl (C=O) groups is 1.